The van der Waals surface area contributed by atoms with E-state index in [0.29, 0.717) is 5.03 Å². The maximum Gasteiger partial charge on any atom is 0.314 e. The largest absolute Gasteiger partial charge is 0.322 e. The first-order valence-corrected chi connectivity index (χ1v) is 6.71. The second-order valence-electron chi connectivity index (χ2n) is 3.66. The van der Waals surface area contributed by atoms with Gasteiger partial charge in [-0.25, -0.2) is 0 Å². The molecule has 2 N–H and O–H groups in total. The molecular weight excluding hydrogens is 272 g/mol. The molecule has 0 saturated heterocycles. The molecule has 0 spiro atoms. The molecule has 0 aliphatic carbocycles. The van der Waals surface area contributed by atoms with Gasteiger partial charge in [0.2, 0.25) is 0 Å². The van der Waals surface area contributed by atoms with Crippen molar-refractivity contribution in [1.29, 1.82) is 0 Å². The molecule has 0 aliphatic rings. The maximum atomic E-state index is 11.1. The summed E-state index contributed by atoms with van der Waals surface area (Å²) >= 11 is 7.28. The van der Waals surface area contributed by atoms with Gasteiger partial charge in [-0.05, 0) is 24.1 Å². The third-order valence-electron chi connectivity index (χ3n) is 2.34. The first-order chi connectivity index (χ1) is 8.65. The number of aromatic amines is 2. The van der Waals surface area contributed by atoms with E-state index in [4.69, 9.17) is 11.6 Å². The second-order valence-corrected chi connectivity index (χ2v) is 5.23. The molecule has 1 heterocycles. The van der Waals surface area contributed by atoms with Crippen LogP contribution >= 0.6 is 23.4 Å². The lowest BCUT2D eigenvalue weighted by atomic mass is 10.2. The Morgan fingerprint density at radius 2 is 1.83 bits per heavy atom. The van der Waals surface area contributed by atoms with Crippen LogP contribution in [0.3, 0.4) is 0 Å². The van der Waals surface area contributed by atoms with Crippen molar-refractivity contribution in [2.75, 3.05) is 5.75 Å². The van der Waals surface area contributed by atoms with Crippen molar-refractivity contribution in [3.05, 3.63) is 61.8 Å². The molecule has 2 aromatic rings. The molecule has 4 nitrogen and oxygen atoms in total. The molecule has 2 rings (SSSR count). The van der Waals surface area contributed by atoms with Crippen LogP contribution in [0.2, 0.25) is 5.02 Å². The summed E-state index contributed by atoms with van der Waals surface area (Å²) in [5.74, 6) is 0.809. The number of aryl methyl sites for hydroxylation is 1. The molecule has 1 aromatic carbocycles. The average molecular weight is 283 g/mol. The van der Waals surface area contributed by atoms with Crippen LogP contribution in [-0.4, -0.2) is 15.7 Å². The Labute approximate surface area is 112 Å². The highest BCUT2D eigenvalue weighted by molar-refractivity contribution is 7.99. The Kier molecular flexibility index (Phi) is 4.28. The van der Waals surface area contributed by atoms with Crippen LogP contribution in [-0.2, 0) is 6.42 Å². The molecule has 0 bridgehead atoms. The highest BCUT2D eigenvalue weighted by atomic mass is 35.5. The number of rotatable bonds is 4. The number of halogens is 1. The van der Waals surface area contributed by atoms with E-state index >= 15 is 0 Å². The number of nitrogens with one attached hydrogen (secondary N) is 2. The molecule has 0 amide bonds. The quantitative estimate of drug-likeness (QED) is 0.666. The highest BCUT2D eigenvalue weighted by Gasteiger charge is 1.99. The molecule has 0 atom stereocenters. The standard InChI is InChI=1S/C12H11ClN2O2S/c13-9-3-1-8(2-4-9)5-6-18-10-7-14-11(16)12(17)15-10/h1-4,7H,5-6H2,(H,14,16)(H,15,17). The normalized spacial score (nSPS) is 10.5. The van der Waals surface area contributed by atoms with Crippen molar-refractivity contribution in [2.45, 2.75) is 11.4 Å². The summed E-state index contributed by atoms with van der Waals surface area (Å²) in [6, 6.07) is 7.64. The van der Waals surface area contributed by atoms with E-state index in [0.717, 1.165) is 17.2 Å². The Hall–Kier alpha value is -1.46. The van der Waals surface area contributed by atoms with Crippen LogP contribution in [0.4, 0.5) is 0 Å². The monoisotopic (exact) mass is 282 g/mol. The molecule has 0 unspecified atom stereocenters. The van der Waals surface area contributed by atoms with E-state index < -0.39 is 11.1 Å². The third kappa shape index (κ3) is 3.51. The fourth-order valence-corrected chi connectivity index (χ4v) is 2.40. The minimum absolute atomic E-state index is 0.619. The van der Waals surface area contributed by atoms with Crippen molar-refractivity contribution in [1.82, 2.24) is 9.97 Å². The lowest BCUT2D eigenvalue weighted by Crippen LogP contribution is -2.28. The lowest BCUT2D eigenvalue weighted by molar-refractivity contribution is 0.969. The molecule has 94 valence electrons. The first kappa shape index (κ1) is 13.0. The van der Waals surface area contributed by atoms with Gasteiger partial charge in [0.25, 0.3) is 0 Å². The molecule has 0 fully saturated rings. The van der Waals surface area contributed by atoms with E-state index in [1.165, 1.54) is 23.5 Å². The minimum atomic E-state index is -0.628. The van der Waals surface area contributed by atoms with Gasteiger partial charge in [-0.3, -0.25) is 9.59 Å². The number of thioether (sulfide) groups is 1. The summed E-state index contributed by atoms with van der Waals surface area (Å²) in [4.78, 5) is 26.9. The lowest BCUT2D eigenvalue weighted by Gasteiger charge is -2.02. The van der Waals surface area contributed by atoms with E-state index in [2.05, 4.69) is 9.97 Å². The zero-order valence-electron chi connectivity index (χ0n) is 9.40. The summed E-state index contributed by atoms with van der Waals surface area (Å²) in [6.45, 7) is 0. The van der Waals surface area contributed by atoms with Crippen molar-refractivity contribution < 1.29 is 0 Å². The summed E-state index contributed by atoms with van der Waals surface area (Å²) in [5.41, 5.74) is -0.0674. The van der Waals surface area contributed by atoms with Gasteiger partial charge in [0.1, 0.15) is 0 Å². The summed E-state index contributed by atoms with van der Waals surface area (Å²) in [6.07, 6.45) is 2.37. The molecule has 0 aliphatic heterocycles. The van der Waals surface area contributed by atoms with Crippen molar-refractivity contribution in [2.24, 2.45) is 0 Å². The van der Waals surface area contributed by atoms with E-state index in [1.807, 2.05) is 24.3 Å². The first-order valence-electron chi connectivity index (χ1n) is 5.34. The number of H-pyrrole nitrogens is 2. The molecule has 1 aromatic heterocycles. The molecule has 0 radical (unpaired) electrons. The zero-order valence-corrected chi connectivity index (χ0v) is 11.0. The van der Waals surface area contributed by atoms with Gasteiger partial charge in [-0.15, -0.1) is 11.8 Å². The second kappa shape index (κ2) is 5.93. The summed E-state index contributed by atoms with van der Waals surface area (Å²) in [7, 11) is 0. The fraction of sp³-hybridized carbons (Fsp3) is 0.167. The number of hydrogen-bond acceptors (Lipinski definition) is 3. The molecule has 0 saturated carbocycles. The van der Waals surface area contributed by atoms with Gasteiger partial charge in [0.15, 0.2) is 0 Å². The highest BCUT2D eigenvalue weighted by Crippen LogP contribution is 2.15. The van der Waals surface area contributed by atoms with Crippen LogP contribution < -0.4 is 11.1 Å². The molecule has 6 heteroatoms. The smallest absolute Gasteiger partial charge is 0.314 e. The van der Waals surface area contributed by atoms with E-state index in [1.54, 1.807) is 0 Å². The van der Waals surface area contributed by atoms with Crippen LogP contribution in [0.15, 0.2) is 45.1 Å². The Morgan fingerprint density at radius 1 is 1.11 bits per heavy atom. The van der Waals surface area contributed by atoms with Gasteiger partial charge in [-0.2, -0.15) is 0 Å². The van der Waals surface area contributed by atoms with E-state index in [-0.39, 0.29) is 0 Å². The van der Waals surface area contributed by atoms with Gasteiger partial charge in [0, 0.05) is 17.0 Å². The van der Waals surface area contributed by atoms with Crippen LogP contribution in [0.25, 0.3) is 0 Å². The Morgan fingerprint density at radius 3 is 2.50 bits per heavy atom. The van der Waals surface area contributed by atoms with Crippen molar-refractivity contribution >= 4 is 23.4 Å². The zero-order chi connectivity index (χ0) is 13.0. The van der Waals surface area contributed by atoms with Crippen molar-refractivity contribution in [3.63, 3.8) is 0 Å². The average Bonchev–Trinajstić information content (AvgIpc) is 2.36. The van der Waals surface area contributed by atoms with Gasteiger partial charge >= 0.3 is 11.1 Å². The predicted molar refractivity (Wildman–Crippen MR) is 73.6 cm³/mol. The third-order valence-corrected chi connectivity index (χ3v) is 3.53. The number of aromatic nitrogens is 2. The van der Waals surface area contributed by atoms with Gasteiger partial charge in [0.05, 0.1) is 5.03 Å². The van der Waals surface area contributed by atoms with Crippen LogP contribution in [0.5, 0.6) is 0 Å². The van der Waals surface area contributed by atoms with E-state index in [9.17, 15) is 9.59 Å². The minimum Gasteiger partial charge on any atom is -0.322 e. The summed E-state index contributed by atoms with van der Waals surface area (Å²) < 4.78 is 0. The Bertz CT molecular complexity index is 634. The van der Waals surface area contributed by atoms with Gasteiger partial charge in [-0.1, -0.05) is 23.7 Å². The van der Waals surface area contributed by atoms with Crippen LogP contribution in [0.1, 0.15) is 5.56 Å². The van der Waals surface area contributed by atoms with Crippen LogP contribution in [0, 0.1) is 0 Å². The maximum absolute atomic E-state index is 11.1. The predicted octanol–water partition coefficient (Wildman–Crippen LogP) is 2.05. The molecular formula is C12H11ClN2O2S. The fourth-order valence-electron chi connectivity index (χ4n) is 1.41. The Balaban J connectivity index is 1.92. The van der Waals surface area contributed by atoms with Gasteiger partial charge < -0.3 is 9.97 Å². The van der Waals surface area contributed by atoms with Crippen molar-refractivity contribution in [3.8, 4) is 0 Å². The number of hydrogen-bond donors (Lipinski definition) is 2. The molecule has 18 heavy (non-hydrogen) atoms. The topological polar surface area (TPSA) is 65.7 Å². The number of benzene rings is 1. The SMILES string of the molecule is O=c1[nH]cc(SCCc2ccc(Cl)cc2)[nH]c1=O. The summed E-state index contributed by atoms with van der Waals surface area (Å²) in [5, 5.41) is 1.38.